The van der Waals surface area contributed by atoms with Gasteiger partial charge in [0.05, 0.1) is 24.5 Å². The van der Waals surface area contributed by atoms with Crippen molar-refractivity contribution in [2.24, 2.45) is 0 Å². The molecule has 9 heteroatoms. The van der Waals surface area contributed by atoms with Crippen molar-refractivity contribution in [3.05, 3.63) is 71.4 Å². The van der Waals surface area contributed by atoms with Crippen molar-refractivity contribution in [1.82, 2.24) is 25.3 Å². The van der Waals surface area contributed by atoms with Gasteiger partial charge in [-0.25, -0.2) is 9.48 Å². The van der Waals surface area contributed by atoms with Crippen molar-refractivity contribution < 1.29 is 14.3 Å². The quantitative estimate of drug-likeness (QED) is 0.484. The molecule has 3 aromatic rings. The molecule has 0 unspecified atom stereocenters. The van der Waals surface area contributed by atoms with Crippen molar-refractivity contribution in [3.8, 4) is 16.9 Å². The molecular formula is C23H26ClN5O3. The lowest BCUT2D eigenvalue weighted by atomic mass is 10.1. The molecule has 0 atom stereocenters. The van der Waals surface area contributed by atoms with Gasteiger partial charge in [-0.2, -0.15) is 5.10 Å². The highest BCUT2D eigenvalue weighted by atomic mass is 35.5. The molecule has 0 bridgehead atoms. The summed E-state index contributed by atoms with van der Waals surface area (Å²) in [6.45, 7) is 1.22. The molecule has 8 nitrogen and oxygen atoms in total. The van der Waals surface area contributed by atoms with E-state index in [9.17, 15) is 9.59 Å². The maximum atomic E-state index is 12.2. The number of benzene rings is 2. The zero-order chi connectivity index (χ0) is 22.9. The molecular weight excluding hydrogens is 430 g/mol. The lowest BCUT2D eigenvalue weighted by Crippen LogP contribution is -2.44. The third-order valence-electron chi connectivity index (χ3n) is 4.63. The standard InChI is InChI=1S/C23H26ClN5O3/c1-28(16-21(30)26-23(31)25-12-13-32-2)14-18-15-29(20-6-4-3-5-7-20)27-22(18)17-8-10-19(24)11-9-17/h3-11,15H,12-14,16H2,1-2H3,(H2,25,26,30,31). The van der Waals surface area contributed by atoms with Crippen molar-refractivity contribution >= 4 is 23.5 Å². The number of likely N-dealkylation sites (N-methyl/N-ethyl adjacent to an activating group) is 1. The van der Waals surface area contributed by atoms with Crippen LogP contribution in [0.25, 0.3) is 16.9 Å². The molecule has 0 saturated heterocycles. The molecule has 3 amide bonds. The Bertz CT molecular complexity index is 1040. The predicted octanol–water partition coefficient (Wildman–Crippen LogP) is 3.10. The Morgan fingerprint density at radius 3 is 2.53 bits per heavy atom. The van der Waals surface area contributed by atoms with Crippen molar-refractivity contribution in [2.75, 3.05) is 33.9 Å². The first-order chi connectivity index (χ1) is 15.5. The average Bonchev–Trinajstić information content (AvgIpc) is 3.18. The Labute approximate surface area is 192 Å². The smallest absolute Gasteiger partial charge is 0.321 e. The summed E-state index contributed by atoms with van der Waals surface area (Å²) in [4.78, 5) is 25.8. The topological polar surface area (TPSA) is 88.5 Å². The summed E-state index contributed by atoms with van der Waals surface area (Å²) in [5.74, 6) is -0.397. The molecule has 1 heterocycles. The van der Waals surface area contributed by atoms with Crippen LogP contribution >= 0.6 is 11.6 Å². The number of carbonyl (C=O) groups is 2. The number of methoxy groups -OCH3 is 1. The van der Waals surface area contributed by atoms with Crippen LogP contribution in [0.15, 0.2) is 60.8 Å². The molecule has 0 spiro atoms. The Morgan fingerprint density at radius 2 is 1.84 bits per heavy atom. The van der Waals surface area contributed by atoms with Crippen molar-refractivity contribution in [3.63, 3.8) is 0 Å². The number of hydrogen-bond acceptors (Lipinski definition) is 5. The first-order valence-electron chi connectivity index (χ1n) is 10.1. The second-order valence-corrected chi connectivity index (χ2v) is 7.70. The number of ether oxygens (including phenoxy) is 1. The van der Waals surface area contributed by atoms with Gasteiger partial charge in [0.2, 0.25) is 5.91 Å². The highest BCUT2D eigenvalue weighted by Gasteiger charge is 2.16. The summed E-state index contributed by atoms with van der Waals surface area (Å²) in [6, 6.07) is 16.7. The number of para-hydroxylation sites is 1. The van der Waals surface area contributed by atoms with Gasteiger partial charge >= 0.3 is 6.03 Å². The molecule has 0 saturated carbocycles. The van der Waals surface area contributed by atoms with E-state index in [1.165, 1.54) is 7.11 Å². The number of hydrogen-bond donors (Lipinski definition) is 2. The van der Waals surface area contributed by atoms with E-state index in [-0.39, 0.29) is 6.54 Å². The maximum absolute atomic E-state index is 12.2. The highest BCUT2D eigenvalue weighted by Crippen LogP contribution is 2.26. The van der Waals surface area contributed by atoms with Crippen LogP contribution in [0, 0.1) is 0 Å². The van der Waals surface area contributed by atoms with Crippen LogP contribution in [0.5, 0.6) is 0 Å². The zero-order valence-corrected chi connectivity index (χ0v) is 18.8. The van der Waals surface area contributed by atoms with Crippen LogP contribution in [0.3, 0.4) is 0 Å². The van der Waals surface area contributed by atoms with Crippen molar-refractivity contribution in [1.29, 1.82) is 0 Å². The third kappa shape index (κ3) is 6.65. The van der Waals surface area contributed by atoms with Gasteiger partial charge in [-0.05, 0) is 31.3 Å². The normalized spacial score (nSPS) is 10.9. The fourth-order valence-electron chi connectivity index (χ4n) is 3.16. The SMILES string of the molecule is COCCNC(=O)NC(=O)CN(C)Cc1cn(-c2ccccc2)nc1-c1ccc(Cl)cc1. The molecule has 2 N–H and O–H groups in total. The zero-order valence-electron chi connectivity index (χ0n) is 18.0. The molecule has 3 rings (SSSR count). The second kappa shape index (κ2) is 11.4. The van der Waals surface area contributed by atoms with Gasteiger partial charge in [-0.3, -0.25) is 15.0 Å². The van der Waals surface area contributed by atoms with Gasteiger partial charge in [0.25, 0.3) is 0 Å². The number of rotatable bonds is 9. The Kier molecular flexibility index (Phi) is 8.38. The van der Waals surface area contributed by atoms with Crippen molar-refractivity contribution in [2.45, 2.75) is 6.54 Å². The van der Waals surface area contributed by atoms with Gasteiger partial charge in [0, 0.05) is 42.5 Å². The lowest BCUT2D eigenvalue weighted by Gasteiger charge is -2.16. The number of amides is 3. The molecule has 0 aliphatic rings. The van der Waals surface area contributed by atoms with Crippen LogP contribution in [0.1, 0.15) is 5.56 Å². The van der Waals surface area contributed by atoms with E-state index in [2.05, 4.69) is 10.6 Å². The molecule has 0 fully saturated rings. The molecule has 32 heavy (non-hydrogen) atoms. The third-order valence-corrected chi connectivity index (χ3v) is 4.88. The molecule has 2 aromatic carbocycles. The van der Waals surface area contributed by atoms with E-state index in [0.717, 1.165) is 22.5 Å². The van der Waals surface area contributed by atoms with E-state index in [1.54, 1.807) is 0 Å². The Balaban J connectivity index is 1.73. The molecule has 1 aromatic heterocycles. The number of carbonyl (C=O) groups excluding carboxylic acids is 2. The van der Waals surface area contributed by atoms with E-state index in [0.29, 0.717) is 24.7 Å². The first-order valence-corrected chi connectivity index (χ1v) is 10.5. The minimum absolute atomic E-state index is 0.0499. The monoisotopic (exact) mass is 455 g/mol. The summed E-state index contributed by atoms with van der Waals surface area (Å²) < 4.78 is 6.68. The molecule has 0 aliphatic heterocycles. The summed E-state index contributed by atoms with van der Waals surface area (Å²) in [5.41, 5.74) is 3.60. The molecule has 0 radical (unpaired) electrons. The Hall–Kier alpha value is -3.20. The number of nitrogens with one attached hydrogen (secondary N) is 2. The molecule has 168 valence electrons. The van der Waals surface area contributed by atoms with Gasteiger partial charge < -0.3 is 10.1 Å². The van der Waals surface area contributed by atoms with E-state index < -0.39 is 11.9 Å². The minimum Gasteiger partial charge on any atom is -0.383 e. The van der Waals surface area contributed by atoms with Crippen LogP contribution in [0.4, 0.5) is 4.79 Å². The fraction of sp³-hybridized carbons (Fsp3) is 0.261. The summed E-state index contributed by atoms with van der Waals surface area (Å²) in [6.07, 6.45) is 1.95. The van der Waals surface area contributed by atoms with E-state index in [4.69, 9.17) is 21.4 Å². The van der Waals surface area contributed by atoms with Gasteiger partial charge in [-0.15, -0.1) is 0 Å². The van der Waals surface area contributed by atoms with E-state index in [1.807, 2.05) is 77.4 Å². The van der Waals surface area contributed by atoms with Crippen LogP contribution in [-0.4, -0.2) is 60.5 Å². The molecule has 0 aliphatic carbocycles. The number of imide groups is 1. The largest absolute Gasteiger partial charge is 0.383 e. The highest BCUT2D eigenvalue weighted by molar-refractivity contribution is 6.30. The van der Waals surface area contributed by atoms with Gasteiger partial charge in [-0.1, -0.05) is 41.9 Å². The van der Waals surface area contributed by atoms with Gasteiger partial charge in [0.1, 0.15) is 0 Å². The predicted molar refractivity (Wildman–Crippen MR) is 124 cm³/mol. The first kappa shape index (κ1) is 23.5. The van der Waals surface area contributed by atoms with Crippen LogP contribution < -0.4 is 10.6 Å². The minimum atomic E-state index is -0.542. The summed E-state index contributed by atoms with van der Waals surface area (Å²) in [7, 11) is 3.35. The number of halogens is 1. The number of nitrogens with zero attached hydrogens (tertiary/aromatic N) is 3. The lowest BCUT2D eigenvalue weighted by molar-refractivity contribution is -0.120. The number of urea groups is 1. The van der Waals surface area contributed by atoms with Crippen LogP contribution in [-0.2, 0) is 16.1 Å². The second-order valence-electron chi connectivity index (χ2n) is 7.26. The van der Waals surface area contributed by atoms with E-state index >= 15 is 0 Å². The maximum Gasteiger partial charge on any atom is 0.321 e. The fourth-order valence-corrected chi connectivity index (χ4v) is 3.28. The summed E-state index contributed by atoms with van der Waals surface area (Å²) in [5, 5.41) is 10.3. The number of aromatic nitrogens is 2. The average molecular weight is 456 g/mol. The Morgan fingerprint density at radius 1 is 1.12 bits per heavy atom. The summed E-state index contributed by atoms with van der Waals surface area (Å²) >= 11 is 6.05. The van der Waals surface area contributed by atoms with Gasteiger partial charge in [0.15, 0.2) is 0 Å². The van der Waals surface area contributed by atoms with Crippen LogP contribution in [0.2, 0.25) is 5.02 Å².